The molecule has 3 heteroatoms. The zero-order valence-corrected chi connectivity index (χ0v) is 12.3. The monoisotopic (exact) mass is 285 g/mol. The molecule has 2 nitrogen and oxygen atoms in total. The van der Waals surface area contributed by atoms with Crippen LogP contribution in [0, 0.1) is 13.8 Å². The van der Waals surface area contributed by atoms with Gasteiger partial charge in [-0.25, -0.2) is 0 Å². The van der Waals surface area contributed by atoms with Crippen LogP contribution in [0.15, 0.2) is 36.4 Å². The smallest absolute Gasteiger partial charge is 0.228 e. The third kappa shape index (κ3) is 2.32. The fraction of sp³-hybridized carbons (Fsp3) is 0.235. The maximum atomic E-state index is 11.4. The molecule has 0 bridgehead atoms. The van der Waals surface area contributed by atoms with Crippen molar-refractivity contribution >= 4 is 23.2 Å². The van der Waals surface area contributed by atoms with E-state index >= 15 is 0 Å². The summed E-state index contributed by atoms with van der Waals surface area (Å²) in [5, 5.41) is 2.66. The molecule has 0 saturated heterocycles. The van der Waals surface area contributed by atoms with Gasteiger partial charge in [-0.15, -0.1) is 11.6 Å². The van der Waals surface area contributed by atoms with E-state index < -0.39 is 0 Å². The molecule has 0 fully saturated rings. The van der Waals surface area contributed by atoms with Gasteiger partial charge in [-0.2, -0.15) is 0 Å². The van der Waals surface area contributed by atoms with Gasteiger partial charge < -0.3 is 5.32 Å². The summed E-state index contributed by atoms with van der Waals surface area (Å²) >= 11 is 6.62. The van der Waals surface area contributed by atoms with Crippen molar-refractivity contribution in [1.29, 1.82) is 0 Å². The number of amides is 1. The highest BCUT2D eigenvalue weighted by atomic mass is 35.5. The largest absolute Gasteiger partial charge is 0.326 e. The van der Waals surface area contributed by atoms with Gasteiger partial charge in [0.05, 0.1) is 11.8 Å². The van der Waals surface area contributed by atoms with Crippen molar-refractivity contribution in [2.75, 3.05) is 5.32 Å². The Morgan fingerprint density at radius 2 is 1.95 bits per heavy atom. The standard InChI is InChI=1S/C17H16ClNO/c1-10-3-5-14(11(2)7-10)17(18)12-4-6-15-13(8-12)9-16(20)19-15/h3-8,17H,9H2,1-2H3,(H,19,20). The molecule has 1 heterocycles. The topological polar surface area (TPSA) is 29.1 Å². The van der Waals surface area contributed by atoms with Crippen LogP contribution in [0.2, 0.25) is 0 Å². The number of alkyl halides is 1. The first-order valence-corrected chi connectivity index (χ1v) is 7.12. The molecule has 2 aromatic carbocycles. The maximum absolute atomic E-state index is 11.4. The molecule has 1 atom stereocenters. The Labute approximate surface area is 123 Å². The molecule has 1 aliphatic heterocycles. The zero-order valence-electron chi connectivity index (χ0n) is 11.5. The van der Waals surface area contributed by atoms with Gasteiger partial charge in [0, 0.05) is 5.69 Å². The molecule has 1 unspecified atom stereocenters. The fourth-order valence-corrected chi connectivity index (χ4v) is 3.08. The van der Waals surface area contributed by atoms with Crippen molar-refractivity contribution in [3.8, 4) is 0 Å². The molecule has 102 valence electrons. The fourth-order valence-electron chi connectivity index (χ4n) is 2.70. The Bertz CT molecular complexity index is 693. The van der Waals surface area contributed by atoms with Crippen LogP contribution >= 0.6 is 11.6 Å². The number of halogens is 1. The van der Waals surface area contributed by atoms with E-state index in [2.05, 4.69) is 37.4 Å². The van der Waals surface area contributed by atoms with E-state index in [0.29, 0.717) is 6.42 Å². The predicted octanol–water partition coefficient (Wildman–Crippen LogP) is 4.13. The normalized spacial score (nSPS) is 14.8. The van der Waals surface area contributed by atoms with E-state index in [9.17, 15) is 4.79 Å². The minimum Gasteiger partial charge on any atom is -0.326 e. The van der Waals surface area contributed by atoms with E-state index in [-0.39, 0.29) is 11.3 Å². The van der Waals surface area contributed by atoms with E-state index in [4.69, 9.17) is 11.6 Å². The van der Waals surface area contributed by atoms with Gasteiger partial charge >= 0.3 is 0 Å². The second-order valence-electron chi connectivity index (χ2n) is 5.36. The predicted molar refractivity (Wildman–Crippen MR) is 82.4 cm³/mol. The summed E-state index contributed by atoms with van der Waals surface area (Å²) in [6.07, 6.45) is 0.444. The number of aryl methyl sites for hydroxylation is 2. The summed E-state index contributed by atoms with van der Waals surface area (Å²) in [5.74, 6) is 0.0507. The molecule has 1 amide bonds. The number of rotatable bonds is 2. The van der Waals surface area contributed by atoms with Gasteiger partial charge in [0.1, 0.15) is 0 Å². The number of benzene rings is 2. The van der Waals surface area contributed by atoms with E-state index in [0.717, 1.165) is 22.4 Å². The second-order valence-corrected chi connectivity index (χ2v) is 5.80. The summed E-state index contributed by atoms with van der Waals surface area (Å²) in [7, 11) is 0. The number of fused-ring (bicyclic) bond motifs is 1. The summed E-state index contributed by atoms with van der Waals surface area (Å²) in [4.78, 5) is 11.4. The van der Waals surface area contributed by atoms with Crippen LogP contribution in [0.5, 0.6) is 0 Å². The Morgan fingerprint density at radius 1 is 1.15 bits per heavy atom. The first kappa shape index (κ1) is 13.2. The number of hydrogen-bond acceptors (Lipinski definition) is 1. The Balaban J connectivity index is 1.97. The molecule has 2 aromatic rings. The van der Waals surface area contributed by atoms with Gasteiger partial charge in [-0.05, 0) is 42.2 Å². The highest BCUT2D eigenvalue weighted by Gasteiger charge is 2.20. The average Bonchev–Trinajstić information content (AvgIpc) is 2.77. The van der Waals surface area contributed by atoms with Crippen molar-refractivity contribution in [2.45, 2.75) is 25.6 Å². The van der Waals surface area contributed by atoms with Crippen LogP contribution in [0.1, 0.15) is 33.2 Å². The van der Waals surface area contributed by atoms with Gasteiger partial charge in [0.15, 0.2) is 0 Å². The van der Waals surface area contributed by atoms with E-state index in [1.54, 1.807) is 0 Å². The van der Waals surface area contributed by atoms with Crippen LogP contribution in [-0.2, 0) is 11.2 Å². The molecular formula is C17H16ClNO. The van der Waals surface area contributed by atoms with Gasteiger partial charge in [-0.1, -0.05) is 35.9 Å². The number of nitrogens with one attached hydrogen (secondary N) is 1. The maximum Gasteiger partial charge on any atom is 0.228 e. The molecule has 3 rings (SSSR count). The highest BCUT2D eigenvalue weighted by molar-refractivity contribution is 6.22. The van der Waals surface area contributed by atoms with Gasteiger partial charge in [-0.3, -0.25) is 4.79 Å². The quantitative estimate of drug-likeness (QED) is 0.826. The Hall–Kier alpha value is -1.80. The molecule has 1 N–H and O–H groups in total. The van der Waals surface area contributed by atoms with Gasteiger partial charge in [0.25, 0.3) is 0 Å². The molecule has 0 aromatic heterocycles. The van der Waals surface area contributed by atoms with Crippen LogP contribution in [-0.4, -0.2) is 5.91 Å². The molecule has 0 spiro atoms. The lowest BCUT2D eigenvalue weighted by Crippen LogP contribution is -2.03. The first-order chi connectivity index (χ1) is 9.54. The van der Waals surface area contributed by atoms with Gasteiger partial charge in [0.2, 0.25) is 5.91 Å². The molecule has 0 aliphatic carbocycles. The Morgan fingerprint density at radius 3 is 2.70 bits per heavy atom. The average molecular weight is 286 g/mol. The Kier molecular flexibility index (Phi) is 3.27. The minimum absolute atomic E-state index is 0.0507. The molecule has 0 saturated carbocycles. The lowest BCUT2D eigenvalue weighted by molar-refractivity contribution is -0.115. The molecule has 1 aliphatic rings. The lowest BCUT2D eigenvalue weighted by Gasteiger charge is -2.15. The number of carbonyl (C=O) groups is 1. The SMILES string of the molecule is Cc1ccc(C(Cl)c2ccc3c(c2)CC(=O)N3)c(C)c1. The second kappa shape index (κ2) is 4.95. The summed E-state index contributed by atoms with van der Waals surface area (Å²) in [5.41, 5.74) is 6.52. The number of carbonyl (C=O) groups excluding carboxylic acids is 1. The summed E-state index contributed by atoms with van der Waals surface area (Å²) < 4.78 is 0. The van der Waals surface area contributed by atoms with Crippen LogP contribution in [0.4, 0.5) is 5.69 Å². The van der Waals surface area contributed by atoms with E-state index in [1.165, 1.54) is 11.1 Å². The first-order valence-electron chi connectivity index (χ1n) is 6.68. The lowest BCUT2D eigenvalue weighted by atomic mass is 9.97. The van der Waals surface area contributed by atoms with Crippen molar-refractivity contribution in [3.05, 3.63) is 64.2 Å². The van der Waals surface area contributed by atoms with Crippen molar-refractivity contribution in [2.24, 2.45) is 0 Å². The van der Waals surface area contributed by atoms with E-state index in [1.807, 2.05) is 18.2 Å². The highest BCUT2D eigenvalue weighted by Crippen LogP contribution is 2.34. The molecule has 20 heavy (non-hydrogen) atoms. The van der Waals surface area contributed by atoms with Crippen LogP contribution in [0.3, 0.4) is 0 Å². The number of anilines is 1. The van der Waals surface area contributed by atoms with Crippen LogP contribution in [0.25, 0.3) is 0 Å². The van der Waals surface area contributed by atoms with Crippen molar-refractivity contribution < 1.29 is 4.79 Å². The minimum atomic E-state index is -0.184. The molecular weight excluding hydrogens is 270 g/mol. The number of hydrogen-bond donors (Lipinski definition) is 1. The van der Waals surface area contributed by atoms with Crippen molar-refractivity contribution in [3.63, 3.8) is 0 Å². The third-order valence-electron chi connectivity index (χ3n) is 3.75. The zero-order chi connectivity index (χ0) is 14.3. The summed E-state index contributed by atoms with van der Waals surface area (Å²) in [6.45, 7) is 4.16. The van der Waals surface area contributed by atoms with Crippen LogP contribution < -0.4 is 5.32 Å². The third-order valence-corrected chi connectivity index (χ3v) is 4.23. The summed E-state index contributed by atoms with van der Waals surface area (Å²) in [6, 6.07) is 12.3. The van der Waals surface area contributed by atoms with Crippen molar-refractivity contribution in [1.82, 2.24) is 0 Å². The molecule has 0 radical (unpaired) electrons.